The molecule has 0 unspecified atom stereocenters. The number of benzene rings is 1. The van der Waals surface area contributed by atoms with E-state index in [2.05, 4.69) is 36.4 Å². The zero-order valence-electron chi connectivity index (χ0n) is 34.6. The first-order valence-corrected chi connectivity index (χ1v) is 24.3. The van der Waals surface area contributed by atoms with Gasteiger partial charge in [0.15, 0.2) is 24.8 Å². The van der Waals surface area contributed by atoms with Gasteiger partial charge < -0.3 is 64.4 Å². The summed E-state index contributed by atoms with van der Waals surface area (Å²) in [5, 5.41) is 67.1. The van der Waals surface area contributed by atoms with Crippen LogP contribution in [0.1, 0.15) is 75.6 Å². The summed E-state index contributed by atoms with van der Waals surface area (Å²) in [5.41, 5.74) is 3.36. The van der Waals surface area contributed by atoms with Gasteiger partial charge in [-0.1, -0.05) is 82.8 Å². The summed E-state index contributed by atoms with van der Waals surface area (Å²) in [6.45, 7) is 8.97. The van der Waals surface area contributed by atoms with Crippen LogP contribution in [0.3, 0.4) is 0 Å². The van der Waals surface area contributed by atoms with Gasteiger partial charge in [0.1, 0.15) is 44.7 Å². The lowest BCUT2D eigenvalue weighted by Crippen LogP contribution is -2.64. The van der Waals surface area contributed by atoms with Crippen LogP contribution in [0.2, 0.25) is 19.6 Å². The topological polar surface area (TPSA) is 240 Å². The van der Waals surface area contributed by atoms with Crippen LogP contribution in [-0.2, 0) is 38.0 Å². The van der Waals surface area contributed by atoms with Crippen LogP contribution in [0.4, 0.5) is 0 Å². The van der Waals surface area contributed by atoms with Crippen molar-refractivity contribution in [1.82, 2.24) is 5.32 Å². The van der Waals surface area contributed by atoms with Crippen LogP contribution < -0.4 is 5.32 Å². The molecule has 330 valence electrons. The number of hydrogen-bond acceptors (Lipinski definition) is 14. The van der Waals surface area contributed by atoms with E-state index in [1.165, 1.54) is 19.1 Å². The third-order valence-corrected chi connectivity index (χ3v) is 12.5. The second kappa shape index (κ2) is 21.2. The van der Waals surface area contributed by atoms with Gasteiger partial charge in [-0.05, 0) is 50.2 Å². The molecule has 7 N–H and O–H groups in total. The molecule has 2 heterocycles. The highest BCUT2D eigenvalue weighted by Crippen LogP contribution is 2.39. The fourth-order valence-corrected chi connectivity index (χ4v) is 9.01. The molecule has 2 saturated carbocycles. The zero-order valence-corrected chi connectivity index (χ0v) is 35.6. The van der Waals surface area contributed by atoms with Crippen molar-refractivity contribution in [2.75, 3.05) is 13.2 Å². The van der Waals surface area contributed by atoms with Crippen LogP contribution in [0.5, 0.6) is 0 Å². The molecule has 1 aromatic carbocycles. The summed E-state index contributed by atoms with van der Waals surface area (Å²) < 4.78 is 37.1. The highest BCUT2D eigenvalue weighted by Gasteiger charge is 2.53. The molecule has 0 bridgehead atoms. The highest BCUT2D eigenvalue weighted by molar-refractivity contribution is 6.83. The number of aliphatic carboxylic acids is 1. The van der Waals surface area contributed by atoms with E-state index >= 15 is 0 Å². The Morgan fingerprint density at radius 1 is 0.864 bits per heavy atom. The summed E-state index contributed by atoms with van der Waals surface area (Å²) in [5.74, 6) is -0.463. The molecule has 2 saturated heterocycles. The molecule has 0 spiro atoms. The van der Waals surface area contributed by atoms with Crippen LogP contribution in [0, 0.1) is 29.2 Å². The summed E-state index contributed by atoms with van der Waals surface area (Å²) in [7, 11) is -1.70. The fourth-order valence-electron chi connectivity index (χ4n) is 8.39. The molecule has 17 heteroatoms. The average molecular weight is 850 g/mol. The standard InChI is InChI=1S/C42H63NO15Si/c1-23-19-27(38(49)43-17-12-18-59(3,4)5)21-28(35(23)58-41-34(48)33(47)31(45)24(2)53-41)55-42-37(57-40(52)26-15-10-7-11-16-26)36(32(46)30(22-44)56-42)54-29(39(50)51)20-25-13-8-6-9-14-25/h7,10-11,15-16,23-25,27-37,41-42,44-48H,6,8-9,13-14,17,19-22H2,1-5H3,(H,43,49)(H,50,51)/t23-,24-,27+,28+,29-,30+,31+,32-,33+,34-,35+,36-,37+,41-,42+/m0/s1. The highest BCUT2D eigenvalue weighted by atomic mass is 28.3. The number of aliphatic hydroxyl groups excluding tert-OH is 5. The number of rotatable bonds is 14. The number of carboxylic acids is 1. The Labute approximate surface area is 346 Å². The first-order valence-electron chi connectivity index (χ1n) is 20.8. The normalized spacial score (nSPS) is 36.1. The molecular formula is C42H63NO15Si. The van der Waals surface area contributed by atoms with Gasteiger partial charge in [-0.15, -0.1) is 5.54 Å². The average Bonchev–Trinajstić information content (AvgIpc) is 3.20. The van der Waals surface area contributed by atoms with Crippen molar-refractivity contribution < 1.29 is 73.4 Å². The molecular weight excluding hydrogens is 787 g/mol. The summed E-state index contributed by atoms with van der Waals surface area (Å²) >= 11 is 0. The van der Waals surface area contributed by atoms with Gasteiger partial charge in [0.2, 0.25) is 5.91 Å². The number of ether oxygens (including phenoxy) is 6. The largest absolute Gasteiger partial charge is 0.479 e. The molecule has 4 aliphatic rings. The van der Waals surface area contributed by atoms with Crippen molar-refractivity contribution in [3.63, 3.8) is 0 Å². The minimum atomic E-state index is -1.70. The van der Waals surface area contributed by atoms with Gasteiger partial charge in [-0.3, -0.25) is 4.79 Å². The lowest BCUT2D eigenvalue weighted by Gasteiger charge is -2.48. The van der Waals surface area contributed by atoms with Gasteiger partial charge in [0.05, 0.1) is 37.0 Å². The maximum atomic E-state index is 13.7. The fraction of sp³-hybridized carbons (Fsp3) is 0.738. The molecule has 2 aliphatic heterocycles. The minimum Gasteiger partial charge on any atom is -0.479 e. The number of carbonyl (C=O) groups excluding carboxylic acids is 2. The molecule has 0 aromatic heterocycles. The number of esters is 1. The van der Waals surface area contributed by atoms with Gasteiger partial charge in [0.25, 0.3) is 0 Å². The molecule has 0 radical (unpaired) electrons. The number of hydrogen-bond donors (Lipinski definition) is 7. The van der Waals surface area contributed by atoms with Gasteiger partial charge in [0, 0.05) is 5.92 Å². The third kappa shape index (κ3) is 12.5. The Morgan fingerprint density at radius 2 is 1.56 bits per heavy atom. The van der Waals surface area contributed by atoms with Crippen molar-refractivity contribution in [3.05, 3.63) is 35.9 Å². The van der Waals surface area contributed by atoms with Crippen LogP contribution in [-0.4, -0.2) is 149 Å². The SMILES string of the molecule is C[C@@H]1O[C@@H](O[C@@H]2[C@@H](C)C[C@@H](C(=O)NCC#C[Si](C)(C)C)C[C@H]2O[C@@H]2O[C@H](CO)[C@H](O)[C@H](O[C@@H](CC3CCCCC3)C(=O)O)[C@H]2OC(=O)c2ccccc2)[C@@H](O)[C@H](O)[C@@H]1O. The molecule has 2 aliphatic carbocycles. The van der Waals surface area contributed by atoms with Crippen molar-refractivity contribution in [2.24, 2.45) is 17.8 Å². The predicted octanol–water partition coefficient (Wildman–Crippen LogP) is 1.74. The summed E-state index contributed by atoms with van der Waals surface area (Å²) in [6, 6.07) is 7.99. The zero-order chi connectivity index (χ0) is 43.0. The molecule has 1 amide bonds. The second-order valence-electron chi connectivity index (χ2n) is 17.5. The van der Waals surface area contributed by atoms with Gasteiger partial charge in [-0.25, -0.2) is 9.59 Å². The number of carboxylic acid groups (broad SMARTS) is 1. The van der Waals surface area contributed by atoms with E-state index < -0.39 is 118 Å². The number of amides is 1. The van der Waals surface area contributed by atoms with Gasteiger partial charge in [-0.2, -0.15) is 0 Å². The molecule has 59 heavy (non-hydrogen) atoms. The van der Waals surface area contributed by atoms with E-state index in [0.717, 1.165) is 32.1 Å². The van der Waals surface area contributed by atoms with E-state index in [1.807, 2.05) is 0 Å². The maximum absolute atomic E-state index is 13.7. The minimum absolute atomic E-state index is 0.00233. The quantitative estimate of drug-likeness (QED) is 0.0802. The molecule has 1 aromatic rings. The summed E-state index contributed by atoms with van der Waals surface area (Å²) in [4.78, 5) is 40.1. The number of aliphatic hydroxyl groups is 5. The third-order valence-electron chi connectivity index (χ3n) is 11.6. The molecule has 16 nitrogen and oxygen atoms in total. The second-order valence-corrected chi connectivity index (χ2v) is 22.2. The van der Waals surface area contributed by atoms with Crippen molar-refractivity contribution >= 4 is 25.9 Å². The van der Waals surface area contributed by atoms with Crippen LogP contribution in [0.25, 0.3) is 0 Å². The Morgan fingerprint density at radius 3 is 2.20 bits per heavy atom. The van der Waals surface area contributed by atoms with Crippen molar-refractivity contribution in [3.8, 4) is 11.5 Å². The Hall–Kier alpha value is -2.99. The predicted molar refractivity (Wildman–Crippen MR) is 213 cm³/mol. The van der Waals surface area contributed by atoms with E-state index in [4.69, 9.17) is 28.4 Å². The molecule has 4 fully saturated rings. The lowest BCUT2D eigenvalue weighted by molar-refractivity contribution is -0.349. The first kappa shape index (κ1) is 47.1. The van der Waals surface area contributed by atoms with E-state index in [0.29, 0.717) is 6.42 Å². The molecule has 15 atom stereocenters. The lowest BCUT2D eigenvalue weighted by atomic mass is 9.77. The Bertz CT molecular complexity index is 1600. The van der Waals surface area contributed by atoms with E-state index in [1.54, 1.807) is 25.1 Å². The van der Waals surface area contributed by atoms with Crippen molar-refractivity contribution in [1.29, 1.82) is 0 Å². The number of carbonyl (C=O) groups is 3. The van der Waals surface area contributed by atoms with Gasteiger partial charge >= 0.3 is 11.9 Å². The smallest absolute Gasteiger partial charge is 0.338 e. The first-order chi connectivity index (χ1) is 28.0. The number of nitrogens with one attached hydrogen (secondary N) is 1. The Kier molecular flexibility index (Phi) is 16.9. The van der Waals surface area contributed by atoms with E-state index in [-0.39, 0.29) is 36.8 Å². The van der Waals surface area contributed by atoms with Crippen LogP contribution >= 0.6 is 0 Å². The van der Waals surface area contributed by atoms with Crippen molar-refractivity contribution in [2.45, 2.75) is 165 Å². The summed E-state index contributed by atoms with van der Waals surface area (Å²) in [6.07, 6.45) is -13.3. The Balaban J connectivity index is 1.49. The monoisotopic (exact) mass is 849 g/mol. The maximum Gasteiger partial charge on any atom is 0.338 e. The van der Waals surface area contributed by atoms with E-state index in [9.17, 15) is 45.0 Å². The molecule has 5 rings (SSSR count). The van der Waals surface area contributed by atoms with Crippen LogP contribution in [0.15, 0.2) is 30.3 Å².